The molecule has 3 aromatic rings. The van der Waals surface area contributed by atoms with Gasteiger partial charge in [-0.25, -0.2) is 9.25 Å². The van der Waals surface area contributed by atoms with Crippen LogP contribution >= 0.6 is 0 Å². The van der Waals surface area contributed by atoms with Gasteiger partial charge in [0, 0.05) is 17.7 Å². The van der Waals surface area contributed by atoms with Crippen LogP contribution in [0.25, 0.3) is 0 Å². The fourth-order valence-electron chi connectivity index (χ4n) is 2.77. The van der Waals surface area contributed by atoms with Crippen LogP contribution in [0, 0.1) is 0 Å². The second-order valence-corrected chi connectivity index (χ2v) is 6.24. The quantitative estimate of drug-likeness (QED) is 0.265. The van der Waals surface area contributed by atoms with Crippen molar-refractivity contribution in [2.24, 2.45) is 12.0 Å². The lowest BCUT2D eigenvalue weighted by Gasteiger charge is -2.14. The number of hydrogen-bond donors (Lipinski definition) is 4. The molecular weight excluding hydrogens is 358 g/mol. The van der Waals surface area contributed by atoms with Gasteiger partial charge in [-0.3, -0.25) is 4.99 Å². The molecule has 28 heavy (non-hydrogen) atoms. The van der Waals surface area contributed by atoms with Crippen molar-refractivity contribution in [2.75, 3.05) is 30.0 Å². The van der Waals surface area contributed by atoms with Gasteiger partial charge in [0.1, 0.15) is 30.9 Å². The van der Waals surface area contributed by atoms with E-state index in [-0.39, 0.29) is 13.2 Å². The Labute approximate surface area is 162 Å². The zero-order chi connectivity index (χ0) is 20.1. The first-order chi connectivity index (χ1) is 13.5. The summed E-state index contributed by atoms with van der Waals surface area (Å²) in [6.07, 6.45) is 5.62. The smallest absolute Gasteiger partial charge is 0.173 e. The van der Waals surface area contributed by atoms with Gasteiger partial charge >= 0.3 is 0 Å². The molecule has 9 nitrogen and oxygen atoms in total. The Bertz CT molecular complexity index is 984. The highest BCUT2D eigenvalue weighted by Crippen LogP contribution is 2.37. The molecule has 1 aromatic carbocycles. The third kappa shape index (κ3) is 4.21. The Morgan fingerprint density at radius 2 is 2.18 bits per heavy atom. The SMILES string of the molecule is C=Nc1cc(N)c(OCCO)cc1Nc1cnn(Cc2ccc[n+](C)c2)c1N. The summed E-state index contributed by atoms with van der Waals surface area (Å²) >= 11 is 0. The lowest BCUT2D eigenvalue weighted by atomic mass is 10.2. The van der Waals surface area contributed by atoms with E-state index in [4.69, 9.17) is 21.3 Å². The normalized spacial score (nSPS) is 10.6. The van der Waals surface area contributed by atoms with E-state index in [0.717, 1.165) is 5.56 Å². The Balaban J connectivity index is 1.85. The van der Waals surface area contributed by atoms with Crippen LogP contribution in [0.2, 0.25) is 0 Å². The molecule has 0 aliphatic carbocycles. The Hall–Kier alpha value is -3.59. The van der Waals surface area contributed by atoms with Crippen molar-refractivity contribution in [2.45, 2.75) is 6.54 Å². The topological polar surface area (TPSA) is 128 Å². The van der Waals surface area contributed by atoms with E-state index in [1.807, 2.05) is 36.1 Å². The number of rotatable bonds is 8. The summed E-state index contributed by atoms with van der Waals surface area (Å²) in [5.74, 6) is 0.919. The van der Waals surface area contributed by atoms with Crippen molar-refractivity contribution in [1.29, 1.82) is 0 Å². The van der Waals surface area contributed by atoms with Crippen LogP contribution in [0.5, 0.6) is 5.75 Å². The van der Waals surface area contributed by atoms with Gasteiger partial charge in [-0.1, -0.05) is 0 Å². The van der Waals surface area contributed by atoms with Gasteiger partial charge < -0.3 is 26.6 Å². The summed E-state index contributed by atoms with van der Waals surface area (Å²) in [6, 6.07) is 7.33. The van der Waals surface area contributed by atoms with Crippen molar-refractivity contribution in [3.8, 4) is 5.75 Å². The van der Waals surface area contributed by atoms with E-state index in [0.29, 0.717) is 40.9 Å². The van der Waals surface area contributed by atoms with E-state index in [1.54, 1.807) is 23.0 Å². The predicted molar refractivity (Wildman–Crippen MR) is 109 cm³/mol. The Morgan fingerprint density at radius 3 is 2.89 bits per heavy atom. The van der Waals surface area contributed by atoms with Gasteiger partial charge in [0.2, 0.25) is 0 Å². The molecule has 2 aromatic heterocycles. The van der Waals surface area contributed by atoms with Gasteiger partial charge in [-0.2, -0.15) is 5.10 Å². The molecule has 2 heterocycles. The zero-order valence-corrected chi connectivity index (χ0v) is 15.7. The molecule has 6 N–H and O–H groups in total. The van der Waals surface area contributed by atoms with Crippen molar-refractivity contribution < 1.29 is 14.4 Å². The Kier molecular flexibility index (Phi) is 5.75. The van der Waals surface area contributed by atoms with Gasteiger partial charge in [-0.15, -0.1) is 0 Å². The first-order valence-corrected chi connectivity index (χ1v) is 8.68. The molecule has 0 amide bonds. The number of nitrogens with two attached hydrogens (primary N) is 2. The minimum atomic E-state index is -0.110. The molecule has 0 saturated heterocycles. The highest BCUT2D eigenvalue weighted by molar-refractivity contribution is 5.82. The number of nitrogens with zero attached hydrogens (tertiary/aromatic N) is 4. The number of aliphatic hydroxyl groups is 1. The fraction of sp³-hybridized carbons (Fsp3) is 0.211. The fourth-order valence-corrected chi connectivity index (χ4v) is 2.77. The van der Waals surface area contributed by atoms with Crippen molar-refractivity contribution in [1.82, 2.24) is 9.78 Å². The lowest BCUT2D eigenvalue weighted by Crippen LogP contribution is -2.27. The monoisotopic (exact) mass is 382 g/mol. The van der Waals surface area contributed by atoms with Crippen LogP contribution in [-0.4, -0.2) is 34.8 Å². The molecule has 0 aliphatic rings. The molecule has 146 valence electrons. The van der Waals surface area contributed by atoms with Crippen molar-refractivity contribution in [3.05, 3.63) is 48.4 Å². The summed E-state index contributed by atoms with van der Waals surface area (Å²) in [6.45, 7) is 4.15. The number of ether oxygens (including phenoxy) is 1. The molecule has 0 spiro atoms. The molecule has 3 rings (SSSR count). The number of nitrogen functional groups attached to an aromatic ring is 2. The van der Waals surface area contributed by atoms with Gasteiger partial charge in [-0.05, 0) is 18.9 Å². The van der Waals surface area contributed by atoms with E-state index in [2.05, 4.69) is 22.1 Å². The number of aliphatic imine (C=N–C) groups is 1. The number of benzene rings is 1. The third-order valence-corrected chi connectivity index (χ3v) is 4.13. The molecule has 0 bridgehead atoms. The molecule has 0 atom stereocenters. The second-order valence-electron chi connectivity index (χ2n) is 6.24. The molecule has 0 unspecified atom stereocenters. The highest BCUT2D eigenvalue weighted by Gasteiger charge is 2.13. The van der Waals surface area contributed by atoms with Gasteiger partial charge in [0.05, 0.1) is 36.4 Å². The summed E-state index contributed by atoms with van der Waals surface area (Å²) in [5, 5.41) is 16.5. The molecule has 0 aliphatic heterocycles. The third-order valence-electron chi connectivity index (χ3n) is 4.13. The number of nitrogens with one attached hydrogen (secondary N) is 1. The number of aromatic nitrogens is 3. The van der Waals surface area contributed by atoms with Crippen molar-refractivity contribution >= 4 is 35.3 Å². The number of hydrogen-bond acceptors (Lipinski definition) is 7. The number of aliphatic hydroxyl groups excluding tert-OH is 1. The lowest BCUT2D eigenvalue weighted by molar-refractivity contribution is -0.671. The molecule has 0 saturated carbocycles. The number of pyridine rings is 1. The summed E-state index contributed by atoms with van der Waals surface area (Å²) in [5.41, 5.74) is 15.5. The minimum Gasteiger partial charge on any atom is -0.489 e. The summed E-state index contributed by atoms with van der Waals surface area (Å²) in [7, 11) is 1.96. The largest absolute Gasteiger partial charge is 0.489 e. The standard InChI is InChI=1S/C19H24N7O2/c1-22-15-8-14(20)18(28-7-6-27)9-16(15)24-17-10-23-26(19(17)21)12-13-4-3-5-25(2)11-13/h3-5,8-11,24,27H,1,6-7,12,20-21H2,2H3/q+1. The second kappa shape index (κ2) is 8.40. The maximum atomic E-state index is 8.96. The van der Waals surface area contributed by atoms with E-state index in [9.17, 15) is 0 Å². The molecule has 0 fully saturated rings. The van der Waals surface area contributed by atoms with Crippen LogP contribution in [-0.2, 0) is 13.6 Å². The summed E-state index contributed by atoms with van der Waals surface area (Å²) < 4.78 is 9.14. The van der Waals surface area contributed by atoms with E-state index >= 15 is 0 Å². The number of aryl methyl sites for hydroxylation is 1. The van der Waals surface area contributed by atoms with Crippen LogP contribution in [0.1, 0.15) is 5.56 Å². The van der Waals surface area contributed by atoms with Crippen LogP contribution < -0.4 is 26.1 Å². The van der Waals surface area contributed by atoms with Gasteiger partial charge in [0.15, 0.2) is 12.4 Å². The average Bonchev–Trinajstić information content (AvgIpc) is 3.01. The van der Waals surface area contributed by atoms with Crippen LogP contribution in [0.4, 0.5) is 28.6 Å². The predicted octanol–water partition coefficient (Wildman–Crippen LogP) is 1.37. The van der Waals surface area contributed by atoms with E-state index in [1.165, 1.54) is 0 Å². The zero-order valence-electron chi connectivity index (χ0n) is 15.7. The van der Waals surface area contributed by atoms with E-state index < -0.39 is 0 Å². The van der Waals surface area contributed by atoms with Crippen LogP contribution in [0.15, 0.2) is 47.8 Å². The number of anilines is 4. The Morgan fingerprint density at radius 1 is 1.36 bits per heavy atom. The molecular formula is C19H24N7O2+. The van der Waals surface area contributed by atoms with Crippen molar-refractivity contribution in [3.63, 3.8) is 0 Å². The average molecular weight is 382 g/mol. The van der Waals surface area contributed by atoms with Crippen LogP contribution in [0.3, 0.4) is 0 Å². The first-order valence-electron chi connectivity index (χ1n) is 8.68. The van der Waals surface area contributed by atoms with Gasteiger partial charge in [0.25, 0.3) is 0 Å². The molecule has 9 heteroatoms. The maximum Gasteiger partial charge on any atom is 0.173 e. The maximum absolute atomic E-state index is 8.96. The highest BCUT2D eigenvalue weighted by atomic mass is 16.5. The molecule has 0 radical (unpaired) electrons. The minimum absolute atomic E-state index is 0.110. The first kappa shape index (κ1) is 19.2. The summed E-state index contributed by atoms with van der Waals surface area (Å²) in [4.78, 5) is 3.99.